The lowest BCUT2D eigenvalue weighted by Gasteiger charge is -2.03. The Morgan fingerprint density at radius 1 is 1.36 bits per heavy atom. The highest BCUT2D eigenvalue weighted by Gasteiger charge is 2.08. The second-order valence-corrected chi connectivity index (χ2v) is 4.82. The zero-order valence-corrected chi connectivity index (χ0v) is 12.6. The smallest absolute Gasteiger partial charge is 0.227 e. The van der Waals surface area contributed by atoms with Crippen LogP contribution in [0.1, 0.15) is 25.7 Å². The van der Waals surface area contributed by atoms with Gasteiger partial charge in [0.25, 0.3) is 0 Å². The lowest BCUT2D eigenvalue weighted by atomic mass is 10.2. The normalized spacial score (nSPS) is 11.6. The highest BCUT2D eigenvalue weighted by Crippen LogP contribution is 2.16. The topological polar surface area (TPSA) is 89.3 Å². The number of rotatable bonds is 7. The van der Waals surface area contributed by atoms with E-state index in [0.29, 0.717) is 30.6 Å². The molecule has 7 heteroatoms. The van der Waals surface area contributed by atoms with Crippen molar-refractivity contribution in [3.05, 3.63) is 36.0 Å². The van der Waals surface area contributed by atoms with Crippen molar-refractivity contribution in [2.75, 3.05) is 13.1 Å². The Labute approximate surface area is 128 Å². The Hall–Kier alpha value is -2.44. The van der Waals surface area contributed by atoms with Crippen molar-refractivity contribution in [3.63, 3.8) is 0 Å². The van der Waals surface area contributed by atoms with Crippen molar-refractivity contribution in [3.8, 4) is 11.4 Å². The third kappa shape index (κ3) is 4.83. The molecule has 2 aromatic rings. The molecule has 0 saturated heterocycles. The van der Waals surface area contributed by atoms with E-state index in [0.717, 1.165) is 24.9 Å². The first kappa shape index (κ1) is 15.9. The van der Waals surface area contributed by atoms with Crippen LogP contribution in [0.4, 0.5) is 4.39 Å². The van der Waals surface area contributed by atoms with Gasteiger partial charge in [0.05, 0.1) is 0 Å². The predicted molar refractivity (Wildman–Crippen MR) is 82.8 cm³/mol. The van der Waals surface area contributed by atoms with Gasteiger partial charge in [-0.25, -0.2) is 4.39 Å². The van der Waals surface area contributed by atoms with Gasteiger partial charge in [0.2, 0.25) is 11.7 Å². The molecule has 0 atom stereocenters. The fourth-order valence-electron chi connectivity index (χ4n) is 1.82. The van der Waals surface area contributed by atoms with Crippen molar-refractivity contribution in [1.29, 1.82) is 0 Å². The molecular weight excluding hydrogens is 285 g/mol. The third-order valence-corrected chi connectivity index (χ3v) is 2.95. The number of nitrogens with zero attached hydrogens (tertiary/aromatic N) is 3. The second kappa shape index (κ2) is 8.11. The highest BCUT2D eigenvalue weighted by atomic mass is 19.1. The number of guanidine groups is 1. The van der Waals surface area contributed by atoms with Gasteiger partial charge in [0.15, 0.2) is 5.96 Å². The van der Waals surface area contributed by atoms with Crippen LogP contribution in [0, 0.1) is 5.82 Å². The van der Waals surface area contributed by atoms with Gasteiger partial charge < -0.3 is 15.6 Å². The fourth-order valence-corrected chi connectivity index (χ4v) is 1.82. The zero-order chi connectivity index (χ0) is 15.8. The predicted octanol–water partition coefficient (Wildman–Crippen LogP) is 2.12. The van der Waals surface area contributed by atoms with Crippen LogP contribution in [0.2, 0.25) is 0 Å². The molecule has 0 unspecified atom stereocenters. The first-order chi connectivity index (χ1) is 10.7. The van der Waals surface area contributed by atoms with Crippen LogP contribution < -0.4 is 11.1 Å². The van der Waals surface area contributed by atoms with E-state index < -0.39 is 0 Å². The molecule has 118 valence electrons. The number of hydrogen-bond acceptors (Lipinski definition) is 4. The van der Waals surface area contributed by atoms with Gasteiger partial charge in [-0.05, 0) is 37.1 Å². The van der Waals surface area contributed by atoms with Gasteiger partial charge >= 0.3 is 0 Å². The van der Waals surface area contributed by atoms with Crippen LogP contribution in [-0.4, -0.2) is 29.2 Å². The average molecular weight is 305 g/mol. The molecule has 2 rings (SSSR count). The van der Waals surface area contributed by atoms with Crippen molar-refractivity contribution in [2.24, 2.45) is 10.7 Å². The van der Waals surface area contributed by atoms with Crippen LogP contribution in [0.25, 0.3) is 11.4 Å². The maximum Gasteiger partial charge on any atom is 0.227 e. The molecule has 0 aliphatic rings. The standard InChI is InChI=1S/C15H20FN5O/c1-2-9-18-15(17)19-10-3-4-13-20-14(21-22-13)11-5-7-12(16)8-6-11/h5-8H,2-4,9-10H2,1H3,(H3,17,18,19). The number of hydrogen-bond donors (Lipinski definition) is 2. The van der Waals surface area contributed by atoms with Gasteiger partial charge in [0.1, 0.15) is 5.82 Å². The molecule has 0 amide bonds. The van der Waals surface area contributed by atoms with E-state index in [9.17, 15) is 4.39 Å². The average Bonchev–Trinajstić information content (AvgIpc) is 2.99. The van der Waals surface area contributed by atoms with Crippen LogP contribution in [0.15, 0.2) is 33.8 Å². The molecule has 1 aromatic carbocycles. The zero-order valence-electron chi connectivity index (χ0n) is 12.6. The molecule has 0 aliphatic carbocycles. The summed E-state index contributed by atoms with van der Waals surface area (Å²) < 4.78 is 18.0. The molecule has 22 heavy (non-hydrogen) atoms. The summed E-state index contributed by atoms with van der Waals surface area (Å²) in [6.45, 7) is 3.46. The molecule has 0 spiro atoms. The van der Waals surface area contributed by atoms with Gasteiger partial charge in [-0.3, -0.25) is 4.99 Å². The number of aliphatic imine (C=N–C) groups is 1. The summed E-state index contributed by atoms with van der Waals surface area (Å²) in [5.74, 6) is 1.18. The minimum atomic E-state index is -0.291. The highest BCUT2D eigenvalue weighted by molar-refractivity contribution is 5.77. The molecule has 0 aliphatic heterocycles. The van der Waals surface area contributed by atoms with Crippen molar-refractivity contribution < 1.29 is 8.91 Å². The molecule has 6 nitrogen and oxygen atoms in total. The molecular formula is C15H20FN5O. The lowest BCUT2D eigenvalue weighted by Crippen LogP contribution is -2.32. The number of aryl methyl sites for hydroxylation is 1. The Balaban J connectivity index is 1.79. The minimum Gasteiger partial charge on any atom is -0.370 e. The molecule has 0 bridgehead atoms. The monoisotopic (exact) mass is 305 g/mol. The summed E-state index contributed by atoms with van der Waals surface area (Å²) in [6.07, 6.45) is 2.41. The summed E-state index contributed by atoms with van der Waals surface area (Å²) in [7, 11) is 0. The number of nitrogens with one attached hydrogen (secondary N) is 1. The van der Waals surface area contributed by atoms with Crippen molar-refractivity contribution in [2.45, 2.75) is 26.2 Å². The summed E-state index contributed by atoms with van der Waals surface area (Å²) in [4.78, 5) is 8.43. The molecule has 0 radical (unpaired) electrons. The van der Waals surface area contributed by atoms with Crippen molar-refractivity contribution in [1.82, 2.24) is 15.5 Å². The first-order valence-electron chi connectivity index (χ1n) is 7.31. The molecule has 1 heterocycles. The third-order valence-electron chi connectivity index (χ3n) is 2.95. The molecule has 0 saturated carbocycles. The van der Waals surface area contributed by atoms with E-state index in [4.69, 9.17) is 10.3 Å². The minimum absolute atomic E-state index is 0.291. The van der Waals surface area contributed by atoms with Gasteiger partial charge in [-0.1, -0.05) is 12.1 Å². The van der Waals surface area contributed by atoms with Gasteiger partial charge in [0, 0.05) is 25.1 Å². The van der Waals surface area contributed by atoms with Crippen LogP contribution in [0.5, 0.6) is 0 Å². The number of nitrogens with two attached hydrogens (primary N) is 1. The fraction of sp³-hybridized carbons (Fsp3) is 0.400. The van der Waals surface area contributed by atoms with Gasteiger partial charge in [-0.15, -0.1) is 0 Å². The Kier molecular flexibility index (Phi) is 5.88. The number of benzene rings is 1. The van der Waals surface area contributed by atoms with Crippen molar-refractivity contribution >= 4 is 5.96 Å². The van der Waals surface area contributed by atoms with E-state index in [1.54, 1.807) is 12.1 Å². The van der Waals surface area contributed by atoms with E-state index >= 15 is 0 Å². The Morgan fingerprint density at radius 2 is 2.14 bits per heavy atom. The van der Waals surface area contributed by atoms with E-state index in [1.807, 2.05) is 6.92 Å². The molecule has 0 fully saturated rings. The molecule has 3 N–H and O–H groups in total. The van der Waals surface area contributed by atoms with E-state index in [-0.39, 0.29) is 5.82 Å². The summed E-state index contributed by atoms with van der Waals surface area (Å²) >= 11 is 0. The Morgan fingerprint density at radius 3 is 2.86 bits per heavy atom. The number of aromatic nitrogens is 2. The van der Waals surface area contributed by atoms with Crippen LogP contribution in [-0.2, 0) is 6.42 Å². The van der Waals surface area contributed by atoms with Crippen LogP contribution in [0.3, 0.4) is 0 Å². The quantitative estimate of drug-likeness (QED) is 0.464. The largest absolute Gasteiger partial charge is 0.370 e. The van der Waals surface area contributed by atoms with E-state index in [2.05, 4.69) is 20.4 Å². The Bertz CT molecular complexity index is 609. The summed E-state index contributed by atoms with van der Waals surface area (Å²) in [5, 5.41) is 6.92. The summed E-state index contributed by atoms with van der Waals surface area (Å²) in [5.41, 5.74) is 6.42. The summed E-state index contributed by atoms with van der Waals surface area (Å²) in [6, 6.07) is 5.98. The first-order valence-corrected chi connectivity index (χ1v) is 7.31. The maximum absolute atomic E-state index is 12.9. The van der Waals surface area contributed by atoms with E-state index in [1.165, 1.54) is 12.1 Å². The SMILES string of the molecule is CCCN=C(N)NCCCc1nc(-c2ccc(F)cc2)no1. The lowest BCUT2D eigenvalue weighted by molar-refractivity contribution is 0.376. The second-order valence-electron chi connectivity index (χ2n) is 4.82. The number of halogens is 1. The van der Waals surface area contributed by atoms with Gasteiger partial charge in [-0.2, -0.15) is 4.98 Å². The van der Waals surface area contributed by atoms with Crippen LogP contribution >= 0.6 is 0 Å². The maximum atomic E-state index is 12.9. The molecule has 1 aromatic heterocycles.